The predicted octanol–water partition coefficient (Wildman–Crippen LogP) is 1.68. The molecule has 1 atom stereocenters. The minimum atomic E-state index is -4.07. The lowest BCUT2D eigenvalue weighted by Crippen LogP contribution is -2.41. The summed E-state index contributed by atoms with van der Waals surface area (Å²) in [7, 11) is -4.07. The van der Waals surface area contributed by atoms with Crippen molar-refractivity contribution in [3.05, 3.63) is 33.9 Å². The Balaban J connectivity index is 3.10. The molecule has 2 N–H and O–H groups in total. The minimum absolute atomic E-state index is 0.0117. The van der Waals surface area contributed by atoms with E-state index >= 15 is 0 Å². The first kappa shape index (κ1) is 18.1. The number of rotatable bonds is 7. The van der Waals surface area contributed by atoms with Crippen LogP contribution in [0.3, 0.4) is 0 Å². The molecule has 0 saturated heterocycles. The summed E-state index contributed by atoms with van der Waals surface area (Å²) >= 11 is 0. The van der Waals surface area contributed by atoms with Gasteiger partial charge in [0, 0.05) is 11.6 Å². The summed E-state index contributed by atoms with van der Waals surface area (Å²) in [6.45, 7) is 4.97. The smallest absolute Gasteiger partial charge is 0.321 e. The Morgan fingerprint density at radius 3 is 2.41 bits per heavy atom. The molecule has 0 aliphatic rings. The van der Waals surface area contributed by atoms with Gasteiger partial charge >= 0.3 is 5.97 Å². The average molecular weight is 330 g/mol. The SMILES string of the molecule is Cc1cc(S(=O)(=O)N[C@@H](CC(C)C)C(=O)O)ccc1[N+](=O)[O-]. The highest BCUT2D eigenvalue weighted by molar-refractivity contribution is 7.89. The van der Waals surface area contributed by atoms with E-state index in [0.717, 1.165) is 18.2 Å². The number of aryl methyl sites for hydroxylation is 1. The summed E-state index contributed by atoms with van der Waals surface area (Å²) in [6.07, 6.45) is 0.139. The van der Waals surface area contributed by atoms with E-state index < -0.39 is 27.0 Å². The van der Waals surface area contributed by atoms with Gasteiger partial charge in [0.1, 0.15) is 6.04 Å². The highest BCUT2D eigenvalue weighted by Crippen LogP contribution is 2.22. The first-order valence-electron chi connectivity index (χ1n) is 6.54. The quantitative estimate of drug-likeness (QED) is 0.578. The van der Waals surface area contributed by atoms with Gasteiger partial charge in [0.2, 0.25) is 10.0 Å². The van der Waals surface area contributed by atoms with Crippen LogP contribution in [0.15, 0.2) is 23.1 Å². The van der Waals surface area contributed by atoms with Crippen molar-refractivity contribution in [2.45, 2.75) is 38.1 Å². The van der Waals surface area contributed by atoms with Crippen molar-refractivity contribution in [2.75, 3.05) is 0 Å². The van der Waals surface area contributed by atoms with E-state index in [9.17, 15) is 23.3 Å². The number of carboxylic acids is 1. The first-order chi connectivity index (χ1) is 10.0. The maximum Gasteiger partial charge on any atom is 0.321 e. The van der Waals surface area contributed by atoms with Crippen LogP contribution in [0.25, 0.3) is 0 Å². The molecule has 9 heteroatoms. The van der Waals surface area contributed by atoms with Crippen LogP contribution >= 0.6 is 0 Å². The van der Waals surface area contributed by atoms with Crippen molar-refractivity contribution >= 4 is 21.7 Å². The van der Waals surface area contributed by atoms with Crippen LogP contribution in [0.1, 0.15) is 25.8 Å². The fourth-order valence-corrected chi connectivity index (χ4v) is 3.21. The van der Waals surface area contributed by atoms with E-state index in [0.29, 0.717) is 0 Å². The molecule has 8 nitrogen and oxygen atoms in total. The number of aliphatic carboxylic acids is 1. The molecule has 0 saturated carbocycles. The molecule has 0 aliphatic carbocycles. The summed E-state index contributed by atoms with van der Waals surface area (Å²) in [4.78, 5) is 21.1. The number of carboxylic acid groups (broad SMARTS) is 1. The fraction of sp³-hybridized carbons (Fsp3) is 0.462. The van der Waals surface area contributed by atoms with Crippen LogP contribution in [0.5, 0.6) is 0 Å². The Bertz CT molecular complexity index is 684. The van der Waals surface area contributed by atoms with Crippen LogP contribution < -0.4 is 4.72 Å². The Morgan fingerprint density at radius 1 is 1.41 bits per heavy atom. The van der Waals surface area contributed by atoms with Gasteiger partial charge in [-0.2, -0.15) is 4.72 Å². The maximum absolute atomic E-state index is 12.2. The normalized spacial score (nSPS) is 13.1. The summed E-state index contributed by atoms with van der Waals surface area (Å²) in [5.74, 6) is -1.28. The zero-order valence-electron chi connectivity index (χ0n) is 12.4. The van der Waals surface area contributed by atoms with Crippen molar-refractivity contribution < 1.29 is 23.2 Å². The fourth-order valence-electron chi connectivity index (χ4n) is 1.93. The van der Waals surface area contributed by atoms with Gasteiger partial charge < -0.3 is 5.11 Å². The number of nitrogens with one attached hydrogen (secondary N) is 1. The van der Waals surface area contributed by atoms with E-state index in [-0.39, 0.29) is 28.5 Å². The molecular formula is C13H18N2O6S. The molecule has 1 aromatic rings. The molecule has 1 aromatic carbocycles. The Morgan fingerprint density at radius 2 is 2.00 bits per heavy atom. The second kappa shape index (κ2) is 6.84. The topological polar surface area (TPSA) is 127 Å². The highest BCUT2D eigenvalue weighted by atomic mass is 32.2. The molecule has 0 unspecified atom stereocenters. The number of carbonyl (C=O) groups is 1. The molecule has 0 heterocycles. The molecule has 1 rings (SSSR count). The molecule has 0 spiro atoms. The van der Waals surface area contributed by atoms with Gasteiger partial charge in [-0.05, 0) is 31.4 Å². The van der Waals surface area contributed by atoms with E-state index in [2.05, 4.69) is 4.72 Å². The lowest BCUT2D eigenvalue weighted by atomic mass is 10.1. The Labute approximate surface area is 128 Å². The van der Waals surface area contributed by atoms with Gasteiger partial charge in [-0.25, -0.2) is 8.42 Å². The molecule has 0 amide bonds. The second-order valence-corrected chi connectivity index (χ2v) is 7.06. The molecule has 0 aromatic heterocycles. The number of hydrogen-bond donors (Lipinski definition) is 2. The molecule has 122 valence electrons. The Kier molecular flexibility index (Phi) is 5.61. The van der Waals surface area contributed by atoms with E-state index in [1.165, 1.54) is 6.92 Å². The maximum atomic E-state index is 12.2. The third-order valence-corrected chi connectivity index (χ3v) is 4.45. The summed E-state index contributed by atoms with van der Waals surface area (Å²) in [5.41, 5.74) is -0.0143. The van der Waals surface area contributed by atoms with E-state index in [1.807, 2.05) is 0 Å². The minimum Gasteiger partial charge on any atom is -0.480 e. The van der Waals surface area contributed by atoms with Gasteiger partial charge in [0.05, 0.1) is 9.82 Å². The monoisotopic (exact) mass is 330 g/mol. The van der Waals surface area contributed by atoms with Gasteiger partial charge in [-0.15, -0.1) is 0 Å². The molecule has 0 radical (unpaired) electrons. The highest BCUT2D eigenvalue weighted by Gasteiger charge is 2.27. The summed E-state index contributed by atoms with van der Waals surface area (Å²) in [6, 6.07) is 2.07. The molecular weight excluding hydrogens is 312 g/mol. The van der Waals surface area contributed by atoms with Crippen LogP contribution in [0.4, 0.5) is 5.69 Å². The number of nitrogens with zero attached hydrogens (tertiary/aromatic N) is 1. The first-order valence-corrected chi connectivity index (χ1v) is 8.03. The van der Waals surface area contributed by atoms with Crippen molar-refractivity contribution in [2.24, 2.45) is 5.92 Å². The van der Waals surface area contributed by atoms with Crippen molar-refractivity contribution in [3.8, 4) is 0 Å². The third-order valence-electron chi connectivity index (χ3n) is 2.98. The van der Waals surface area contributed by atoms with Crippen LogP contribution in [-0.4, -0.2) is 30.5 Å². The van der Waals surface area contributed by atoms with Crippen LogP contribution in [0.2, 0.25) is 0 Å². The lowest BCUT2D eigenvalue weighted by Gasteiger charge is -2.16. The second-order valence-electron chi connectivity index (χ2n) is 5.35. The van der Waals surface area contributed by atoms with Crippen molar-refractivity contribution in [1.29, 1.82) is 0 Å². The van der Waals surface area contributed by atoms with E-state index in [4.69, 9.17) is 5.11 Å². The number of sulfonamides is 1. The zero-order valence-corrected chi connectivity index (χ0v) is 13.3. The van der Waals surface area contributed by atoms with Crippen LogP contribution in [-0.2, 0) is 14.8 Å². The number of hydrogen-bond acceptors (Lipinski definition) is 5. The lowest BCUT2D eigenvalue weighted by molar-refractivity contribution is -0.385. The standard InChI is InChI=1S/C13H18N2O6S/c1-8(2)6-11(13(16)17)14-22(20,21)10-4-5-12(15(18)19)9(3)7-10/h4-5,7-8,11,14H,6H2,1-3H3,(H,16,17)/t11-/m0/s1. The number of nitro groups is 1. The molecule has 22 heavy (non-hydrogen) atoms. The van der Waals surface area contributed by atoms with Gasteiger partial charge in [0.15, 0.2) is 0 Å². The van der Waals surface area contributed by atoms with Gasteiger partial charge in [0.25, 0.3) is 5.69 Å². The van der Waals surface area contributed by atoms with Gasteiger partial charge in [-0.3, -0.25) is 14.9 Å². The van der Waals surface area contributed by atoms with Gasteiger partial charge in [-0.1, -0.05) is 13.8 Å². The average Bonchev–Trinajstić information content (AvgIpc) is 2.36. The number of benzene rings is 1. The summed E-state index contributed by atoms with van der Waals surface area (Å²) < 4.78 is 26.6. The molecule has 0 aliphatic heterocycles. The third kappa shape index (κ3) is 4.50. The van der Waals surface area contributed by atoms with Crippen LogP contribution in [0, 0.1) is 23.0 Å². The summed E-state index contributed by atoms with van der Waals surface area (Å²) in [5, 5.41) is 19.8. The largest absolute Gasteiger partial charge is 0.480 e. The molecule has 0 bridgehead atoms. The zero-order chi connectivity index (χ0) is 17.1. The molecule has 0 fully saturated rings. The van der Waals surface area contributed by atoms with E-state index in [1.54, 1.807) is 13.8 Å². The number of nitro benzene ring substituents is 1. The van der Waals surface area contributed by atoms with Crippen molar-refractivity contribution in [3.63, 3.8) is 0 Å². The van der Waals surface area contributed by atoms with Crippen molar-refractivity contribution in [1.82, 2.24) is 4.72 Å². The predicted molar refractivity (Wildman–Crippen MR) is 79.0 cm³/mol. The Hall–Kier alpha value is -2.00.